The van der Waals surface area contributed by atoms with Crippen LogP contribution in [0.1, 0.15) is 120 Å². The van der Waals surface area contributed by atoms with Crippen LogP contribution in [0.5, 0.6) is 0 Å². The van der Waals surface area contributed by atoms with E-state index >= 15 is 0 Å². The SMILES string of the molecule is CC1(C)CC[C@@]2(C)CC[C@@]3(C)C(=CC[C@H]4[C@@]5(C)CC[C@H](O)C(C)(C)[C@@H]5CC[C@]43C)[C@@H]2C1. The minimum absolute atomic E-state index is 0.0533. The molecule has 0 aromatic heterocycles. The Labute approximate surface area is 192 Å². The highest BCUT2D eigenvalue weighted by Gasteiger charge is 2.67. The Morgan fingerprint density at radius 3 is 2.16 bits per heavy atom. The lowest BCUT2D eigenvalue weighted by Gasteiger charge is -2.71. The molecule has 0 bridgehead atoms. The summed E-state index contributed by atoms with van der Waals surface area (Å²) in [5.41, 5.74) is 4.09. The van der Waals surface area contributed by atoms with Gasteiger partial charge in [-0.1, -0.05) is 67.0 Å². The number of rotatable bonds is 0. The number of fused-ring (bicyclic) bond motifs is 7. The van der Waals surface area contributed by atoms with Crippen molar-refractivity contribution in [3.8, 4) is 0 Å². The molecule has 5 rings (SSSR count). The molecule has 0 amide bonds. The van der Waals surface area contributed by atoms with Gasteiger partial charge in [-0.15, -0.1) is 0 Å². The van der Waals surface area contributed by atoms with Gasteiger partial charge in [-0.25, -0.2) is 0 Å². The molecule has 4 fully saturated rings. The van der Waals surface area contributed by atoms with Crippen LogP contribution < -0.4 is 0 Å². The van der Waals surface area contributed by atoms with E-state index in [-0.39, 0.29) is 11.5 Å². The first kappa shape index (κ1) is 22.5. The molecule has 0 spiro atoms. The van der Waals surface area contributed by atoms with Crippen LogP contribution in [0.4, 0.5) is 0 Å². The molecule has 1 N–H and O–H groups in total. The third-order valence-corrected chi connectivity index (χ3v) is 13.0. The zero-order valence-corrected chi connectivity index (χ0v) is 21.9. The maximum atomic E-state index is 10.9. The smallest absolute Gasteiger partial charge is 0.0594 e. The van der Waals surface area contributed by atoms with E-state index in [0.717, 1.165) is 18.3 Å². The molecule has 5 aliphatic carbocycles. The molecule has 176 valence electrons. The molecule has 0 aromatic rings. The zero-order valence-electron chi connectivity index (χ0n) is 21.9. The minimum Gasteiger partial charge on any atom is -0.393 e. The van der Waals surface area contributed by atoms with Gasteiger partial charge < -0.3 is 5.11 Å². The number of aliphatic hydroxyl groups is 1. The van der Waals surface area contributed by atoms with Crippen LogP contribution in [0.2, 0.25) is 0 Å². The monoisotopic (exact) mass is 426 g/mol. The summed E-state index contributed by atoms with van der Waals surface area (Å²) in [5, 5.41) is 10.9. The van der Waals surface area contributed by atoms with Crippen LogP contribution in [0.15, 0.2) is 11.6 Å². The molecule has 1 heteroatoms. The number of allylic oxidation sites excluding steroid dienone is 2. The molecule has 0 heterocycles. The van der Waals surface area contributed by atoms with Crippen molar-refractivity contribution in [2.45, 2.75) is 126 Å². The van der Waals surface area contributed by atoms with E-state index in [1.807, 2.05) is 5.57 Å². The minimum atomic E-state index is -0.125. The highest BCUT2D eigenvalue weighted by molar-refractivity contribution is 5.33. The first-order chi connectivity index (χ1) is 14.2. The summed E-state index contributed by atoms with van der Waals surface area (Å²) in [6.07, 6.45) is 15.9. The van der Waals surface area contributed by atoms with Crippen LogP contribution in [-0.4, -0.2) is 11.2 Å². The maximum Gasteiger partial charge on any atom is 0.0594 e. The van der Waals surface area contributed by atoms with Gasteiger partial charge in [0.1, 0.15) is 0 Å². The largest absolute Gasteiger partial charge is 0.393 e. The van der Waals surface area contributed by atoms with Crippen molar-refractivity contribution in [1.29, 1.82) is 0 Å². The fourth-order valence-corrected chi connectivity index (χ4v) is 10.5. The molecule has 0 aromatic carbocycles. The highest BCUT2D eigenvalue weighted by Crippen LogP contribution is 2.75. The summed E-state index contributed by atoms with van der Waals surface area (Å²) in [6, 6.07) is 0. The van der Waals surface area contributed by atoms with Crippen LogP contribution >= 0.6 is 0 Å². The van der Waals surface area contributed by atoms with E-state index in [1.165, 1.54) is 57.8 Å². The number of aliphatic hydroxyl groups excluding tert-OH is 1. The van der Waals surface area contributed by atoms with E-state index in [4.69, 9.17) is 0 Å². The predicted octanol–water partition coefficient (Wildman–Crippen LogP) is 8.17. The van der Waals surface area contributed by atoms with E-state index in [0.29, 0.717) is 33.0 Å². The maximum absolute atomic E-state index is 10.9. The second-order valence-corrected chi connectivity index (χ2v) is 15.2. The van der Waals surface area contributed by atoms with Gasteiger partial charge in [0, 0.05) is 0 Å². The van der Waals surface area contributed by atoms with Crippen molar-refractivity contribution in [2.24, 2.45) is 50.2 Å². The topological polar surface area (TPSA) is 20.2 Å². The molecule has 0 unspecified atom stereocenters. The summed E-state index contributed by atoms with van der Waals surface area (Å²) in [7, 11) is 0. The summed E-state index contributed by atoms with van der Waals surface area (Å²) >= 11 is 0. The predicted molar refractivity (Wildman–Crippen MR) is 131 cm³/mol. The first-order valence-corrected chi connectivity index (χ1v) is 13.6. The molecule has 31 heavy (non-hydrogen) atoms. The van der Waals surface area contributed by atoms with Gasteiger partial charge in [0.15, 0.2) is 0 Å². The van der Waals surface area contributed by atoms with Gasteiger partial charge in [-0.3, -0.25) is 0 Å². The fourth-order valence-electron chi connectivity index (χ4n) is 10.5. The van der Waals surface area contributed by atoms with Gasteiger partial charge in [-0.05, 0) is 114 Å². The van der Waals surface area contributed by atoms with Crippen molar-refractivity contribution in [3.05, 3.63) is 11.6 Å². The molecular formula is C30H50O. The summed E-state index contributed by atoms with van der Waals surface area (Å²) < 4.78 is 0. The van der Waals surface area contributed by atoms with Crippen molar-refractivity contribution >= 4 is 0 Å². The summed E-state index contributed by atoms with van der Waals surface area (Å²) in [6.45, 7) is 20.4. The lowest BCUT2D eigenvalue weighted by atomic mass is 9.33. The Morgan fingerprint density at radius 1 is 0.774 bits per heavy atom. The number of hydrogen-bond donors (Lipinski definition) is 1. The van der Waals surface area contributed by atoms with Gasteiger partial charge >= 0.3 is 0 Å². The molecule has 0 radical (unpaired) electrons. The van der Waals surface area contributed by atoms with Crippen molar-refractivity contribution in [3.63, 3.8) is 0 Å². The Kier molecular flexibility index (Phi) is 4.66. The Hall–Kier alpha value is -0.300. The van der Waals surface area contributed by atoms with Gasteiger partial charge in [-0.2, -0.15) is 0 Å². The molecule has 4 saturated carbocycles. The summed E-state index contributed by atoms with van der Waals surface area (Å²) in [4.78, 5) is 0. The second kappa shape index (κ2) is 6.43. The Morgan fingerprint density at radius 2 is 1.45 bits per heavy atom. The molecule has 0 saturated heterocycles. The average Bonchev–Trinajstić information content (AvgIpc) is 2.67. The lowest BCUT2D eigenvalue weighted by Crippen LogP contribution is -2.64. The average molecular weight is 427 g/mol. The quantitative estimate of drug-likeness (QED) is 0.387. The van der Waals surface area contributed by atoms with Crippen LogP contribution in [0, 0.1) is 50.2 Å². The van der Waals surface area contributed by atoms with Crippen LogP contribution in [0.3, 0.4) is 0 Å². The zero-order chi connectivity index (χ0) is 22.7. The Balaban J connectivity index is 1.57. The highest BCUT2D eigenvalue weighted by atomic mass is 16.3. The second-order valence-electron chi connectivity index (χ2n) is 15.2. The van der Waals surface area contributed by atoms with Crippen LogP contribution in [-0.2, 0) is 0 Å². The van der Waals surface area contributed by atoms with E-state index in [9.17, 15) is 5.11 Å². The molecule has 0 aliphatic heterocycles. The third kappa shape index (κ3) is 2.77. The van der Waals surface area contributed by atoms with Crippen molar-refractivity contribution < 1.29 is 5.11 Å². The first-order valence-electron chi connectivity index (χ1n) is 13.6. The third-order valence-electron chi connectivity index (χ3n) is 13.0. The van der Waals surface area contributed by atoms with Crippen molar-refractivity contribution in [1.82, 2.24) is 0 Å². The van der Waals surface area contributed by atoms with Crippen molar-refractivity contribution in [2.75, 3.05) is 0 Å². The number of hydrogen-bond acceptors (Lipinski definition) is 1. The van der Waals surface area contributed by atoms with Gasteiger partial charge in [0.2, 0.25) is 0 Å². The molecule has 5 aliphatic rings. The Bertz CT molecular complexity index is 790. The van der Waals surface area contributed by atoms with Gasteiger partial charge in [0.25, 0.3) is 0 Å². The fraction of sp³-hybridized carbons (Fsp3) is 0.933. The van der Waals surface area contributed by atoms with E-state index in [1.54, 1.807) is 0 Å². The molecule has 1 nitrogen and oxygen atoms in total. The van der Waals surface area contributed by atoms with Gasteiger partial charge in [0.05, 0.1) is 6.10 Å². The van der Waals surface area contributed by atoms with E-state index < -0.39 is 0 Å². The van der Waals surface area contributed by atoms with E-state index in [2.05, 4.69) is 61.5 Å². The lowest BCUT2D eigenvalue weighted by molar-refractivity contribution is -0.202. The molecular weight excluding hydrogens is 376 g/mol. The normalized spacial score (nSPS) is 55.2. The standard InChI is InChI=1S/C30H50O/c1-25(2)15-16-27(5)17-18-29(7)20(21(27)19-25)9-10-23-28(6)13-12-24(31)26(3,4)22(28)11-14-30(23,29)8/h9,21-24,31H,10-19H2,1-8H3/t21-,22-,23-,24-,27-,28-,29-,30+/m0/s1. The summed E-state index contributed by atoms with van der Waals surface area (Å²) in [5.74, 6) is 2.21. The molecule has 8 atom stereocenters. The van der Waals surface area contributed by atoms with Crippen LogP contribution in [0.25, 0.3) is 0 Å².